The molecule has 84 valence electrons. The summed E-state index contributed by atoms with van der Waals surface area (Å²) in [5, 5.41) is 7.39. The zero-order chi connectivity index (χ0) is 10.8. The van der Waals surface area contributed by atoms with Crippen LogP contribution in [0.2, 0.25) is 0 Å². The Labute approximate surface area is 93.4 Å². The molecule has 3 rings (SSSR count). The van der Waals surface area contributed by atoms with Crippen molar-refractivity contribution in [1.82, 2.24) is 15.5 Å². The highest BCUT2D eigenvalue weighted by atomic mass is 16.5. The first kappa shape index (κ1) is 9.47. The van der Waals surface area contributed by atoms with Crippen molar-refractivity contribution in [1.29, 1.82) is 0 Å². The molecule has 1 fully saturated rings. The highest BCUT2D eigenvalue weighted by Crippen LogP contribution is 2.23. The summed E-state index contributed by atoms with van der Waals surface area (Å²) in [5.41, 5.74) is 1.94. The van der Waals surface area contributed by atoms with Crippen molar-refractivity contribution in [3.8, 4) is 11.3 Å². The van der Waals surface area contributed by atoms with Gasteiger partial charge in [0, 0.05) is 50.2 Å². The van der Waals surface area contributed by atoms with Crippen molar-refractivity contribution in [2.75, 3.05) is 31.1 Å². The molecule has 3 heterocycles. The Kier molecular flexibility index (Phi) is 2.38. The van der Waals surface area contributed by atoms with Gasteiger partial charge in [0.15, 0.2) is 0 Å². The van der Waals surface area contributed by atoms with E-state index in [0.29, 0.717) is 0 Å². The van der Waals surface area contributed by atoms with Crippen LogP contribution in [0.15, 0.2) is 29.0 Å². The minimum Gasteiger partial charge on any atom is -0.367 e. The predicted molar refractivity (Wildman–Crippen MR) is 61.4 cm³/mol. The van der Waals surface area contributed by atoms with Crippen LogP contribution in [-0.4, -0.2) is 36.3 Å². The van der Waals surface area contributed by atoms with Gasteiger partial charge in [-0.3, -0.25) is 0 Å². The van der Waals surface area contributed by atoms with Gasteiger partial charge in [0.25, 0.3) is 0 Å². The third-order valence-electron chi connectivity index (χ3n) is 2.82. The number of aromatic amines is 1. The average Bonchev–Trinajstić information content (AvgIpc) is 3.01. The molecule has 0 saturated carbocycles. The van der Waals surface area contributed by atoms with Crippen LogP contribution < -0.4 is 10.2 Å². The van der Waals surface area contributed by atoms with Crippen LogP contribution in [0, 0.1) is 0 Å². The molecule has 16 heavy (non-hydrogen) atoms. The minimum atomic E-state index is 0.859. The van der Waals surface area contributed by atoms with Crippen molar-refractivity contribution in [2.24, 2.45) is 0 Å². The molecule has 2 aromatic heterocycles. The normalized spacial score (nSPS) is 16.6. The summed E-state index contributed by atoms with van der Waals surface area (Å²) >= 11 is 0. The van der Waals surface area contributed by atoms with E-state index in [4.69, 9.17) is 4.52 Å². The van der Waals surface area contributed by atoms with E-state index in [9.17, 15) is 0 Å². The highest BCUT2D eigenvalue weighted by molar-refractivity contribution is 5.61. The molecule has 2 N–H and O–H groups in total. The summed E-state index contributed by atoms with van der Waals surface area (Å²) in [6, 6.07) is 3.98. The number of piperazine rings is 1. The Morgan fingerprint density at radius 2 is 2.19 bits per heavy atom. The molecule has 2 aromatic rings. The Morgan fingerprint density at radius 3 is 2.94 bits per heavy atom. The van der Waals surface area contributed by atoms with E-state index in [1.807, 2.05) is 24.5 Å². The quantitative estimate of drug-likeness (QED) is 0.792. The molecular formula is C11H14N4O. The van der Waals surface area contributed by atoms with Gasteiger partial charge >= 0.3 is 0 Å². The summed E-state index contributed by atoms with van der Waals surface area (Å²) in [4.78, 5) is 5.22. The Morgan fingerprint density at radius 1 is 1.31 bits per heavy atom. The molecule has 5 nitrogen and oxygen atoms in total. The molecular weight excluding hydrogens is 204 g/mol. The zero-order valence-electron chi connectivity index (χ0n) is 8.94. The summed E-state index contributed by atoms with van der Waals surface area (Å²) in [7, 11) is 0. The second-order valence-electron chi connectivity index (χ2n) is 3.89. The average molecular weight is 218 g/mol. The first-order valence-electron chi connectivity index (χ1n) is 5.49. The fraction of sp³-hybridized carbons (Fsp3) is 0.364. The molecule has 1 aliphatic heterocycles. The van der Waals surface area contributed by atoms with Crippen LogP contribution in [0.4, 0.5) is 5.88 Å². The third kappa shape index (κ3) is 1.69. The van der Waals surface area contributed by atoms with Crippen LogP contribution in [0.1, 0.15) is 0 Å². The molecule has 0 spiro atoms. The van der Waals surface area contributed by atoms with Crippen molar-refractivity contribution in [3.05, 3.63) is 24.5 Å². The Hall–Kier alpha value is -1.75. The van der Waals surface area contributed by atoms with Crippen molar-refractivity contribution in [3.63, 3.8) is 0 Å². The van der Waals surface area contributed by atoms with Crippen LogP contribution in [0.3, 0.4) is 0 Å². The number of rotatable bonds is 2. The largest absolute Gasteiger partial charge is 0.367 e. The van der Waals surface area contributed by atoms with Gasteiger partial charge < -0.3 is 19.7 Å². The lowest BCUT2D eigenvalue weighted by molar-refractivity contribution is 0.409. The number of anilines is 1. The van der Waals surface area contributed by atoms with Gasteiger partial charge in [-0.15, -0.1) is 0 Å². The second kappa shape index (κ2) is 4.02. The summed E-state index contributed by atoms with van der Waals surface area (Å²) in [6.45, 7) is 3.95. The first-order valence-corrected chi connectivity index (χ1v) is 5.49. The molecule has 5 heteroatoms. The van der Waals surface area contributed by atoms with Gasteiger partial charge in [-0.25, -0.2) is 0 Å². The first-order chi connectivity index (χ1) is 7.93. The van der Waals surface area contributed by atoms with E-state index in [2.05, 4.69) is 20.4 Å². The SMILES string of the molecule is c1cc(-c2cc(N3CCNCC3)on2)c[nH]1. The van der Waals surface area contributed by atoms with E-state index in [1.165, 1.54) is 0 Å². The lowest BCUT2D eigenvalue weighted by atomic mass is 10.2. The van der Waals surface area contributed by atoms with Crippen LogP contribution in [-0.2, 0) is 0 Å². The van der Waals surface area contributed by atoms with Crippen molar-refractivity contribution in [2.45, 2.75) is 0 Å². The predicted octanol–water partition coefficient (Wildman–Crippen LogP) is 1.08. The van der Waals surface area contributed by atoms with E-state index < -0.39 is 0 Å². The minimum absolute atomic E-state index is 0.859. The smallest absolute Gasteiger partial charge is 0.227 e. The Bertz CT molecular complexity index is 442. The molecule has 0 aromatic carbocycles. The summed E-state index contributed by atoms with van der Waals surface area (Å²) < 4.78 is 5.36. The van der Waals surface area contributed by atoms with E-state index in [1.54, 1.807) is 0 Å². The van der Waals surface area contributed by atoms with Crippen molar-refractivity contribution < 1.29 is 4.52 Å². The second-order valence-corrected chi connectivity index (χ2v) is 3.89. The molecule has 0 aliphatic carbocycles. The topological polar surface area (TPSA) is 57.1 Å². The number of aromatic nitrogens is 2. The maximum atomic E-state index is 5.36. The molecule has 0 atom stereocenters. The number of hydrogen-bond acceptors (Lipinski definition) is 4. The fourth-order valence-corrected chi connectivity index (χ4v) is 1.92. The lowest BCUT2D eigenvalue weighted by Gasteiger charge is -2.25. The van der Waals surface area contributed by atoms with Gasteiger partial charge in [-0.2, -0.15) is 0 Å². The van der Waals surface area contributed by atoms with Gasteiger partial charge in [0.2, 0.25) is 5.88 Å². The lowest BCUT2D eigenvalue weighted by Crippen LogP contribution is -2.43. The molecule has 0 amide bonds. The van der Waals surface area contributed by atoms with Crippen LogP contribution in [0.5, 0.6) is 0 Å². The molecule has 1 aliphatic rings. The maximum absolute atomic E-state index is 5.36. The summed E-state index contributed by atoms with van der Waals surface area (Å²) in [6.07, 6.45) is 3.80. The van der Waals surface area contributed by atoms with Gasteiger partial charge in [-0.1, -0.05) is 5.16 Å². The van der Waals surface area contributed by atoms with E-state index in [0.717, 1.165) is 43.3 Å². The maximum Gasteiger partial charge on any atom is 0.227 e. The fourth-order valence-electron chi connectivity index (χ4n) is 1.92. The summed E-state index contributed by atoms with van der Waals surface area (Å²) in [5.74, 6) is 0.859. The van der Waals surface area contributed by atoms with Crippen LogP contribution in [0.25, 0.3) is 11.3 Å². The molecule has 1 saturated heterocycles. The highest BCUT2D eigenvalue weighted by Gasteiger charge is 2.15. The monoisotopic (exact) mass is 218 g/mol. The van der Waals surface area contributed by atoms with Crippen molar-refractivity contribution >= 4 is 5.88 Å². The number of nitrogens with zero attached hydrogens (tertiary/aromatic N) is 2. The molecule has 0 bridgehead atoms. The third-order valence-corrected chi connectivity index (χ3v) is 2.82. The van der Waals surface area contributed by atoms with Crippen LogP contribution >= 0.6 is 0 Å². The Balaban J connectivity index is 1.82. The molecule has 0 radical (unpaired) electrons. The number of hydrogen-bond donors (Lipinski definition) is 2. The zero-order valence-corrected chi connectivity index (χ0v) is 8.94. The van der Waals surface area contributed by atoms with Gasteiger partial charge in [0.05, 0.1) is 0 Å². The van der Waals surface area contributed by atoms with Gasteiger partial charge in [0.1, 0.15) is 5.69 Å². The number of nitrogens with one attached hydrogen (secondary N) is 2. The van der Waals surface area contributed by atoms with E-state index in [-0.39, 0.29) is 0 Å². The standard InChI is InChI=1S/C11H14N4O/c1-2-13-8-9(1)10-7-11(16-14-10)15-5-3-12-4-6-15/h1-2,7-8,12-13H,3-6H2. The molecule has 0 unspecified atom stereocenters. The van der Waals surface area contributed by atoms with Gasteiger partial charge in [-0.05, 0) is 6.07 Å². The van der Waals surface area contributed by atoms with E-state index >= 15 is 0 Å². The number of H-pyrrole nitrogens is 1.